The largest absolute Gasteiger partial charge is 0.493 e. The molecule has 0 saturated carbocycles. The van der Waals surface area contributed by atoms with Crippen LogP contribution in [-0.2, 0) is 0 Å². The van der Waals surface area contributed by atoms with Gasteiger partial charge in [-0.1, -0.05) is 43.3 Å². The molecule has 1 aromatic heterocycles. The van der Waals surface area contributed by atoms with Crippen molar-refractivity contribution in [3.8, 4) is 22.8 Å². The van der Waals surface area contributed by atoms with Gasteiger partial charge in [0.1, 0.15) is 0 Å². The van der Waals surface area contributed by atoms with E-state index in [1.807, 2.05) is 43.3 Å². The molecule has 28 heavy (non-hydrogen) atoms. The normalized spacial score (nSPS) is 10.8. The van der Waals surface area contributed by atoms with Crippen molar-refractivity contribution in [2.24, 2.45) is 5.10 Å². The van der Waals surface area contributed by atoms with Crippen LogP contribution in [0, 0.1) is 0 Å². The van der Waals surface area contributed by atoms with Gasteiger partial charge in [0.25, 0.3) is 5.56 Å². The van der Waals surface area contributed by atoms with Crippen LogP contribution in [0.15, 0.2) is 58.4 Å². The maximum absolute atomic E-state index is 12.2. The van der Waals surface area contributed by atoms with Crippen molar-refractivity contribution < 1.29 is 9.47 Å². The molecule has 1 heterocycles. The Hall–Kier alpha value is -3.68. The van der Waals surface area contributed by atoms with E-state index in [4.69, 9.17) is 9.47 Å². The maximum Gasteiger partial charge on any atom is 0.279 e. The van der Waals surface area contributed by atoms with Crippen LogP contribution in [0.5, 0.6) is 11.5 Å². The Bertz CT molecular complexity index is 1000. The molecule has 0 bridgehead atoms. The summed E-state index contributed by atoms with van der Waals surface area (Å²) >= 11 is 0. The number of nitrogens with zero attached hydrogens (tertiary/aromatic N) is 3. The van der Waals surface area contributed by atoms with Gasteiger partial charge in [-0.25, -0.2) is 5.43 Å². The van der Waals surface area contributed by atoms with Crippen LogP contribution >= 0.6 is 0 Å². The molecular weight excluding hydrogens is 358 g/mol. The number of benzene rings is 2. The molecule has 0 atom stereocenters. The van der Waals surface area contributed by atoms with Crippen molar-refractivity contribution in [2.45, 2.75) is 13.3 Å². The van der Waals surface area contributed by atoms with Gasteiger partial charge in [0.2, 0.25) is 5.95 Å². The Morgan fingerprint density at radius 3 is 2.68 bits per heavy atom. The first kappa shape index (κ1) is 19.1. The van der Waals surface area contributed by atoms with E-state index in [2.05, 4.69) is 25.7 Å². The third-order valence-corrected chi connectivity index (χ3v) is 3.80. The van der Waals surface area contributed by atoms with Crippen molar-refractivity contribution >= 4 is 12.2 Å². The molecule has 0 amide bonds. The highest BCUT2D eigenvalue weighted by Gasteiger charge is 2.09. The summed E-state index contributed by atoms with van der Waals surface area (Å²) in [4.78, 5) is 14.9. The van der Waals surface area contributed by atoms with Gasteiger partial charge >= 0.3 is 0 Å². The molecule has 3 aromatic rings. The first-order valence-electron chi connectivity index (χ1n) is 8.84. The molecule has 0 aliphatic rings. The van der Waals surface area contributed by atoms with Gasteiger partial charge in [0, 0.05) is 11.1 Å². The van der Waals surface area contributed by atoms with Gasteiger partial charge in [-0.05, 0) is 18.6 Å². The number of anilines is 1. The molecule has 0 aliphatic carbocycles. The number of aromatic amines is 1. The molecule has 0 saturated heterocycles. The molecule has 2 aromatic carbocycles. The van der Waals surface area contributed by atoms with E-state index in [0.29, 0.717) is 23.7 Å². The molecule has 0 fully saturated rings. The number of para-hydroxylation sites is 1. The number of nitrogens with one attached hydrogen (secondary N) is 2. The number of hydrazone groups is 1. The third kappa shape index (κ3) is 4.53. The Balaban J connectivity index is 1.76. The van der Waals surface area contributed by atoms with E-state index in [9.17, 15) is 4.79 Å². The van der Waals surface area contributed by atoms with Crippen LogP contribution in [0.25, 0.3) is 11.3 Å². The van der Waals surface area contributed by atoms with E-state index < -0.39 is 0 Å². The molecule has 0 spiro atoms. The lowest BCUT2D eigenvalue weighted by atomic mass is 10.2. The van der Waals surface area contributed by atoms with Gasteiger partial charge in [0.15, 0.2) is 17.2 Å². The predicted molar refractivity (Wildman–Crippen MR) is 108 cm³/mol. The van der Waals surface area contributed by atoms with Gasteiger partial charge < -0.3 is 9.47 Å². The highest BCUT2D eigenvalue weighted by molar-refractivity contribution is 5.85. The standard InChI is InChI=1S/C20H21N5O3/c1-3-12-28-18-15(10-7-11-16(18)27-2)13-21-24-20-22-19(26)17(23-25-20)14-8-5-4-6-9-14/h4-11,13H,3,12H2,1-2H3,(H2,22,24,25,26)/b21-13+. The fourth-order valence-electron chi connectivity index (χ4n) is 2.49. The summed E-state index contributed by atoms with van der Waals surface area (Å²) in [6, 6.07) is 14.6. The second kappa shape index (κ2) is 9.31. The number of aromatic nitrogens is 3. The van der Waals surface area contributed by atoms with Gasteiger partial charge in [-0.3, -0.25) is 9.78 Å². The summed E-state index contributed by atoms with van der Waals surface area (Å²) in [5.41, 5.74) is 4.00. The molecule has 3 rings (SSSR count). The lowest BCUT2D eigenvalue weighted by molar-refractivity contribution is 0.294. The van der Waals surface area contributed by atoms with Crippen LogP contribution in [-0.4, -0.2) is 35.1 Å². The average Bonchev–Trinajstić information content (AvgIpc) is 2.73. The van der Waals surface area contributed by atoms with Crippen LogP contribution < -0.4 is 20.5 Å². The molecular formula is C20H21N5O3. The Kier molecular flexibility index (Phi) is 6.35. The van der Waals surface area contributed by atoms with Crippen LogP contribution in [0.4, 0.5) is 5.95 Å². The minimum atomic E-state index is -0.354. The fraction of sp³-hybridized carbons (Fsp3) is 0.200. The molecule has 2 N–H and O–H groups in total. The van der Waals surface area contributed by atoms with E-state index in [-0.39, 0.29) is 17.2 Å². The number of hydrogen-bond donors (Lipinski definition) is 2. The number of H-pyrrole nitrogens is 1. The van der Waals surface area contributed by atoms with Crippen molar-refractivity contribution in [3.63, 3.8) is 0 Å². The molecule has 144 valence electrons. The first-order valence-corrected chi connectivity index (χ1v) is 8.84. The van der Waals surface area contributed by atoms with E-state index in [1.54, 1.807) is 25.5 Å². The zero-order valence-electron chi connectivity index (χ0n) is 15.7. The number of hydrogen-bond acceptors (Lipinski definition) is 7. The second-order valence-electron chi connectivity index (χ2n) is 5.81. The summed E-state index contributed by atoms with van der Waals surface area (Å²) < 4.78 is 11.1. The van der Waals surface area contributed by atoms with E-state index in [0.717, 1.165) is 12.0 Å². The molecule has 0 unspecified atom stereocenters. The van der Waals surface area contributed by atoms with E-state index >= 15 is 0 Å². The summed E-state index contributed by atoms with van der Waals surface area (Å²) in [5, 5.41) is 12.1. The average molecular weight is 379 g/mol. The first-order chi connectivity index (χ1) is 13.7. The van der Waals surface area contributed by atoms with E-state index in [1.165, 1.54) is 0 Å². The minimum absolute atomic E-state index is 0.139. The Morgan fingerprint density at radius 1 is 1.14 bits per heavy atom. The summed E-state index contributed by atoms with van der Waals surface area (Å²) in [7, 11) is 1.59. The summed E-state index contributed by atoms with van der Waals surface area (Å²) in [5.74, 6) is 1.37. The fourth-order valence-corrected chi connectivity index (χ4v) is 2.49. The maximum atomic E-state index is 12.2. The van der Waals surface area contributed by atoms with Crippen LogP contribution in [0.1, 0.15) is 18.9 Å². The quantitative estimate of drug-likeness (QED) is 0.461. The lowest BCUT2D eigenvalue weighted by Gasteiger charge is -2.12. The zero-order chi connectivity index (χ0) is 19.8. The molecule has 0 radical (unpaired) electrons. The highest BCUT2D eigenvalue weighted by atomic mass is 16.5. The Labute approximate surface area is 162 Å². The third-order valence-electron chi connectivity index (χ3n) is 3.80. The van der Waals surface area contributed by atoms with Crippen molar-refractivity contribution in [1.29, 1.82) is 0 Å². The Morgan fingerprint density at radius 2 is 1.96 bits per heavy atom. The van der Waals surface area contributed by atoms with Crippen LogP contribution in [0.2, 0.25) is 0 Å². The SMILES string of the molecule is CCCOc1c(/C=N/Nc2nnc(-c3ccccc3)c(=O)[nH]2)cccc1OC. The summed E-state index contributed by atoms with van der Waals surface area (Å²) in [6.45, 7) is 2.59. The molecule has 8 heteroatoms. The lowest BCUT2D eigenvalue weighted by Crippen LogP contribution is -2.15. The number of methoxy groups -OCH3 is 1. The topological polar surface area (TPSA) is 101 Å². The van der Waals surface area contributed by atoms with Gasteiger partial charge in [0.05, 0.1) is 19.9 Å². The molecule has 8 nitrogen and oxygen atoms in total. The predicted octanol–water partition coefficient (Wildman–Crippen LogP) is 3.08. The minimum Gasteiger partial charge on any atom is -0.493 e. The summed E-state index contributed by atoms with van der Waals surface area (Å²) in [6.07, 6.45) is 2.44. The van der Waals surface area contributed by atoms with Crippen LogP contribution in [0.3, 0.4) is 0 Å². The van der Waals surface area contributed by atoms with Crippen molar-refractivity contribution in [2.75, 3.05) is 19.1 Å². The monoisotopic (exact) mass is 379 g/mol. The smallest absolute Gasteiger partial charge is 0.279 e. The number of ether oxygens (including phenoxy) is 2. The zero-order valence-corrected chi connectivity index (χ0v) is 15.7. The molecule has 0 aliphatic heterocycles. The van der Waals surface area contributed by atoms with Gasteiger partial charge in [-0.2, -0.15) is 5.10 Å². The highest BCUT2D eigenvalue weighted by Crippen LogP contribution is 2.30. The van der Waals surface area contributed by atoms with Gasteiger partial charge in [-0.15, -0.1) is 10.2 Å². The second-order valence-corrected chi connectivity index (χ2v) is 5.81. The van der Waals surface area contributed by atoms with Crippen molar-refractivity contribution in [1.82, 2.24) is 15.2 Å². The van der Waals surface area contributed by atoms with Crippen molar-refractivity contribution in [3.05, 3.63) is 64.4 Å². The number of rotatable bonds is 8.